The number of benzene rings is 1. The van der Waals surface area contributed by atoms with E-state index in [1.54, 1.807) is 12.1 Å². The van der Waals surface area contributed by atoms with Crippen LogP contribution in [0, 0.1) is 11.8 Å². The van der Waals surface area contributed by atoms with Gasteiger partial charge in [0.25, 0.3) is 5.91 Å². The molecule has 1 amide bonds. The molecule has 2 fully saturated rings. The largest absolute Gasteiger partial charge is 0.398 e. The van der Waals surface area contributed by atoms with Gasteiger partial charge in [0.05, 0.1) is 5.56 Å². The van der Waals surface area contributed by atoms with Crippen molar-refractivity contribution in [2.24, 2.45) is 11.8 Å². The van der Waals surface area contributed by atoms with Crippen LogP contribution in [-0.4, -0.2) is 11.9 Å². The maximum atomic E-state index is 12.2. The van der Waals surface area contributed by atoms with Crippen LogP contribution in [0.25, 0.3) is 0 Å². The zero-order valence-corrected chi connectivity index (χ0v) is 11.7. The summed E-state index contributed by atoms with van der Waals surface area (Å²) in [5.74, 6) is 1.50. The minimum absolute atomic E-state index is 0.0300. The molecule has 3 unspecified atom stereocenters. The minimum Gasteiger partial charge on any atom is -0.398 e. The average molecular weight is 309 g/mol. The number of nitrogens with two attached hydrogens (primary N) is 1. The highest BCUT2D eigenvalue weighted by atomic mass is 79.9. The number of hydrogen-bond donors (Lipinski definition) is 2. The smallest absolute Gasteiger partial charge is 0.253 e. The zero-order valence-electron chi connectivity index (χ0n) is 10.2. The lowest BCUT2D eigenvalue weighted by Gasteiger charge is -2.23. The molecule has 3 nitrogen and oxygen atoms in total. The van der Waals surface area contributed by atoms with Crippen LogP contribution >= 0.6 is 15.9 Å². The summed E-state index contributed by atoms with van der Waals surface area (Å²) in [6.45, 7) is 0. The zero-order chi connectivity index (χ0) is 12.7. The summed E-state index contributed by atoms with van der Waals surface area (Å²) >= 11 is 3.35. The van der Waals surface area contributed by atoms with E-state index in [1.807, 2.05) is 6.07 Å². The molecule has 18 heavy (non-hydrogen) atoms. The van der Waals surface area contributed by atoms with Gasteiger partial charge in [0.2, 0.25) is 0 Å². The van der Waals surface area contributed by atoms with Gasteiger partial charge in [-0.3, -0.25) is 4.79 Å². The predicted octanol–water partition coefficient (Wildman–Crippen LogP) is 2.95. The van der Waals surface area contributed by atoms with Crippen molar-refractivity contribution < 1.29 is 4.79 Å². The van der Waals surface area contributed by atoms with E-state index in [-0.39, 0.29) is 5.91 Å². The molecule has 3 N–H and O–H groups in total. The van der Waals surface area contributed by atoms with Gasteiger partial charge >= 0.3 is 0 Å². The van der Waals surface area contributed by atoms with Gasteiger partial charge in [0, 0.05) is 16.2 Å². The first-order chi connectivity index (χ1) is 8.63. The third-order valence-corrected chi connectivity index (χ3v) is 4.81. The normalized spacial score (nSPS) is 29.5. The Morgan fingerprint density at radius 3 is 2.78 bits per heavy atom. The third kappa shape index (κ3) is 2.14. The summed E-state index contributed by atoms with van der Waals surface area (Å²) in [4.78, 5) is 12.2. The highest BCUT2D eigenvalue weighted by Crippen LogP contribution is 2.44. The van der Waals surface area contributed by atoms with Crippen LogP contribution in [0.4, 0.5) is 5.69 Å². The molecule has 3 atom stereocenters. The Morgan fingerprint density at radius 1 is 1.33 bits per heavy atom. The lowest BCUT2D eigenvalue weighted by molar-refractivity contribution is 0.0924. The fourth-order valence-electron chi connectivity index (χ4n) is 3.41. The fraction of sp³-hybridized carbons (Fsp3) is 0.500. The number of anilines is 1. The molecule has 2 aliphatic carbocycles. The summed E-state index contributed by atoms with van der Waals surface area (Å²) in [7, 11) is 0. The molecular formula is C14H17BrN2O. The number of hydrogen-bond acceptors (Lipinski definition) is 2. The molecule has 0 heterocycles. The van der Waals surface area contributed by atoms with Crippen molar-refractivity contribution in [2.75, 3.05) is 5.73 Å². The lowest BCUT2D eigenvalue weighted by Crippen LogP contribution is -2.38. The van der Waals surface area contributed by atoms with Gasteiger partial charge in [-0.25, -0.2) is 0 Å². The van der Waals surface area contributed by atoms with Crippen LogP contribution in [0.15, 0.2) is 22.7 Å². The minimum atomic E-state index is -0.0300. The van der Waals surface area contributed by atoms with Gasteiger partial charge in [0.1, 0.15) is 0 Å². The average Bonchev–Trinajstić information content (AvgIpc) is 2.90. The molecule has 2 saturated carbocycles. The summed E-state index contributed by atoms with van der Waals surface area (Å²) < 4.78 is 0.900. The van der Waals surface area contributed by atoms with Crippen molar-refractivity contribution in [3.63, 3.8) is 0 Å². The number of fused-ring (bicyclic) bond motifs is 2. The number of carbonyl (C=O) groups excluding carboxylic acids is 1. The molecule has 0 aromatic heterocycles. The molecule has 3 rings (SSSR count). The quantitative estimate of drug-likeness (QED) is 0.825. The first kappa shape index (κ1) is 12.0. The van der Waals surface area contributed by atoms with Crippen LogP contribution in [0.5, 0.6) is 0 Å². The van der Waals surface area contributed by atoms with Gasteiger partial charge in [-0.05, 0) is 49.3 Å². The molecule has 1 aromatic rings. The van der Waals surface area contributed by atoms with Gasteiger partial charge < -0.3 is 11.1 Å². The van der Waals surface area contributed by atoms with Crippen LogP contribution in [0.1, 0.15) is 36.0 Å². The summed E-state index contributed by atoms with van der Waals surface area (Å²) in [6.07, 6.45) is 5.05. The van der Waals surface area contributed by atoms with E-state index in [9.17, 15) is 4.79 Å². The molecule has 0 radical (unpaired) electrons. The summed E-state index contributed by atoms with van der Waals surface area (Å²) in [5.41, 5.74) is 7.00. The third-order valence-electron chi connectivity index (χ3n) is 4.31. The maximum absolute atomic E-state index is 12.2. The highest BCUT2D eigenvalue weighted by Gasteiger charge is 2.40. The van der Waals surface area contributed by atoms with Crippen molar-refractivity contribution in [1.29, 1.82) is 0 Å². The second-order valence-corrected chi connectivity index (χ2v) is 6.40. The van der Waals surface area contributed by atoms with Gasteiger partial charge in [-0.2, -0.15) is 0 Å². The highest BCUT2D eigenvalue weighted by molar-refractivity contribution is 9.10. The Labute approximate surface area is 115 Å². The molecule has 2 aliphatic rings. The SMILES string of the molecule is Nc1cc(Br)ccc1C(=O)NC1CC2CCC1C2. The van der Waals surface area contributed by atoms with E-state index in [0.29, 0.717) is 23.2 Å². The molecule has 0 saturated heterocycles. The Bertz CT molecular complexity index is 489. The molecular weight excluding hydrogens is 292 g/mol. The first-order valence-electron chi connectivity index (χ1n) is 6.49. The van der Waals surface area contributed by atoms with Crippen molar-refractivity contribution >= 4 is 27.5 Å². The molecule has 0 aliphatic heterocycles. The predicted molar refractivity (Wildman–Crippen MR) is 75.3 cm³/mol. The second kappa shape index (κ2) is 4.57. The number of carbonyl (C=O) groups is 1. The standard InChI is InChI=1S/C14H17BrN2O/c15-10-3-4-11(12(16)7-10)14(18)17-13-6-8-1-2-9(13)5-8/h3-4,7-9,13H,1-2,5-6,16H2,(H,17,18). The van der Waals surface area contributed by atoms with Crippen molar-refractivity contribution in [3.05, 3.63) is 28.2 Å². The van der Waals surface area contributed by atoms with Crippen molar-refractivity contribution in [3.8, 4) is 0 Å². The van der Waals surface area contributed by atoms with Crippen LogP contribution < -0.4 is 11.1 Å². The number of amides is 1. The van der Waals surface area contributed by atoms with Crippen LogP contribution in [-0.2, 0) is 0 Å². The fourth-order valence-corrected chi connectivity index (χ4v) is 3.79. The molecule has 96 valence electrons. The van der Waals surface area contributed by atoms with E-state index < -0.39 is 0 Å². The molecule has 2 bridgehead atoms. The Hall–Kier alpha value is -1.03. The number of nitrogens with one attached hydrogen (secondary N) is 1. The van der Waals surface area contributed by atoms with Gasteiger partial charge in [-0.15, -0.1) is 0 Å². The number of nitrogen functional groups attached to an aromatic ring is 1. The van der Waals surface area contributed by atoms with E-state index in [1.165, 1.54) is 19.3 Å². The van der Waals surface area contributed by atoms with E-state index in [2.05, 4.69) is 21.2 Å². The number of halogens is 1. The van der Waals surface area contributed by atoms with Crippen LogP contribution in [0.2, 0.25) is 0 Å². The Balaban J connectivity index is 1.71. The Morgan fingerprint density at radius 2 is 2.17 bits per heavy atom. The maximum Gasteiger partial charge on any atom is 0.253 e. The monoisotopic (exact) mass is 308 g/mol. The lowest BCUT2D eigenvalue weighted by atomic mass is 9.95. The second-order valence-electron chi connectivity index (χ2n) is 5.49. The Kier molecular flexibility index (Phi) is 3.06. The van der Waals surface area contributed by atoms with Gasteiger partial charge in [0.15, 0.2) is 0 Å². The first-order valence-corrected chi connectivity index (χ1v) is 7.28. The van der Waals surface area contributed by atoms with Gasteiger partial charge in [-0.1, -0.05) is 22.4 Å². The van der Waals surface area contributed by atoms with E-state index in [4.69, 9.17) is 5.73 Å². The molecule has 4 heteroatoms. The van der Waals surface area contributed by atoms with E-state index in [0.717, 1.165) is 16.8 Å². The van der Waals surface area contributed by atoms with E-state index >= 15 is 0 Å². The number of rotatable bonds is 2. The van der Waals surface area contributed by atoms with Crippen LogP contribution in [0.3, 0.4) is 0 Å². The summed E-state index contributed by atoms with van der Waals surface area (Å²) in [6, 6.07) is 5.77. The molecule has 1 aromatic carbocycles. The van der Waals surface area contributed by atoms with Crippen molar-refractivity contribution in [2.45, 2.75) is 31.7 Å². The molecule has 0 spiro atoms. The summed E-state index contributed by atoms with van der Waals surface area (Å²) in [5, 5.41) is 3.15. The topological polar surface area (TPSA) is 55.1 Å². The van der Waals surface area contributed by atoms with Crippen molar-refractivity contribution in [1.82, 2.24) is 5.32 Å².